The summed E-state index contributed by atoms with van der Waals surface area (Å²) in [6, 6.07) is 16.8. The SMILES string of the molecule is Cn1ccnc1COc1ccc(C(=O)Nc2ccnn2Cc2ccc(Br)cc2)cc1. The molecule has 0 bridgehead atoms. The number of hydrogen-bond acceptors (Lipinski definition) is 4. The van der Waals surface area contributed by atoms with Gasteiger partial charge in [-0.25, -0.2) is 9.67 Å². The molecule has 0 saturated carbocycles. The van der Waals surface area contributed by atoms with Crippen LogP contribution in [0.25, 0.3) is 0 Å². The van der Waals surface area contributed by atoms with E-state index in [1.807, 2.05) is 42.1 Å². The van der Waals surface area contributed by atoms with E-state index in [1.54, 1.807) is 47.4 Å². The number of carbonyl (C=O) groups is 1. The highest BCUT2D eigenvalue weighted by atomic mass is 79.9. The molecule has 152 valence electrons. The fourth-order valence-electron chi connectivity index (χ4n) is 2.90. The van der Waals surface area contributed by atoms with Crippen molar-refractivity contribution in [2.24, 2.45) is 7.05 Å². The van der Waals surface area contributed by atoms with Crippen LogP contribution >= 0.6 is 15.9 Å². The molecule has 0 atom stereocenters. The molecule has 4 aromatic rings. The third-order valence-corrected chi connectivity index (χ3v) is 5.14. The lowest BCUT2D eigenvalue weighted by molar-refractivity contribution is 0.102. The number of aryl methyl sites for hydroxylation is 1. The molecule has 2 aromatic heterocycles. The summed E-state index contributed by atoms with van der Waals surface area (Å²) in [7, 11) is 1.92. The summed E-state index contributed by atoms with van der Waals surface area (Å²) in [6.45, 7) is 0.931. The third kappa shape index (κ3) is 4.77. The average Bonchev–Trinajstić information content (AvgIpc) is 3.37. The second-order valence-electron chi connectivity index (χ2n) is 6.72. The maximum Gasteiger partial charge on any atom is 0.256 e. The first-order chi connectivity index (χ1) is 14.6. The first kappa shape index (κ1) is 19.9. The second-order valence-corrected chi connectivity index (χ2v) is 7.64. The lowest BCUT2D eigenvalue weighted by Crippen LogP contribution is -2.16. The van der Waals surface area contributed by atoms with Gasteiger partial charge in [0.25, 0.3) is 5.91 Å². The Kier molecular flexibility index (Phi) is 5.94. The van der Waals surface area contributed by atoms with E-state index in [2.05, 4.69) is 31.3 Å². The Morgan fingerprint density at radius 3 is 2.53 bits per heavy atom. The highest BCUT2D eigenvalue weighted by Gasteiger charge is 2.11. The average molecular weight is 466 g/mol. The van der Waals surface area contributed by atoms with E-state index < -0.39 is 0 Å². The van der Waals surface area contributed by atoms with Crippen molar-refractivity contribution in [3.63, 3.8) is 0 Å². The molecule has 0 aliphatic rings. The Hall–Kier alpha value is -3.39. The smallest absolute Gasteiger partial charge is 0.256 e. The fourth-order valence-corrected chi connectivity index (χ4v) is 3.17. The molecule has 8 heteroatoms. The summed E-state index contributed by atoms with van der Waals surface area (Å²) >= 11 is 3.43. The van der Waals surface area contributed by atoms with Crippen molar-refractivity contribution in [3.05, 3.63) is 94.6 Å². The zero-order valence-corrected chi connectivity index (χ0v) is 17.9. The molecule has 0 radical (unpaired) electrons. The number of nitrogens with zero attached hydrogens (tertiary/aromatic N) is 4. The number of halogens is 1. The van der Waals surface area contributed by atoms with Gasteiger partial charge >= 0.3 is 0 Å². The van der Waals surface area contributed by atoms with Crippen LogP contribution in [0.3, 0.4) is 0 Å². The number of benzene rings is 2. The predicted molar refractivity (Wildman–Crippen MR) is 117 cm³/mol. The molecule has 2 heterocycles. The largest absolute Gasteiger partial charge is 0.486 e. The van der Waals surface area contributed by atoms with Crippen LogP contribution in [0.5, 0.6) is 5.75 Å². The molecule has 7 nitrogen and oxygen atoms in total. The fraction of sp³-hybridized carbons (Fsp3) is 0.136. The monoisotopic (exact) mass is 465 g/mol. The Balaban J connectivity index is 1.38. The molecule has 0 spiro atoms. The van der Waals surface area contributed by atoms with Gasteiger partial charge in [0.05, 0.1) is 12.7 Å². The van der Waals surface area contributed by atoms with Gasteiger partial charge in [-0.05, 0) is 42.0 Å². The molecular formula is C22H20BrN5O2. The molecule has 4 rings (SSSR count). The van der Waals surface area contributed by atoms with Gasteiger partial charge in [0.15, 0.2) is 0 Å². The number of ether oxygens (including phenoxy) is 1. The van der Waals surface area contributed by atoms with Gasteiger partial charge in [0, 0.05) is 35.5 Å². The Morgan fingerprint density at radius 1 is 1.07 bits per heavy atom. The number of aromatic nitrogens is 4. The number of hydrogen-bond donors (Lipinski definition) is 1. The molecule has 1 amide bonds. The topological polar surface area (TPSA) is 74.0 Å². The van der Waals surface area contributed by atoms with Crippen LogP contribution in [0.15, 0.2) is 77.7 Å². The van der Waals surface area contributed by atoms with Crippen LogP contribution in [0.2, 0.25) is 0 Å². The van der Waals surface area contributed by atoms with E-state index in [0.717, 1.165) is 15.9 Å². The first-order valence-electron chi connectivity index (χ1n) is 9.35. The van der Waals surface area contributed by atoms with Crippen molar-refractivity contribution >= 4 is 27.7 Å². The summed E-state index contributed by atoms with van der Waals surface area (Å²) < 4.78 is 10.4. The Bertz CT molecular complexity index is 1130. The first-order valence-corrected chi connectivity index (χ1v) is 10.1. The maximum absolute atomic E-state index is 12.6. The molecule has 0 fully saturated rings. The van der Waals surface area contributed by atoms with Crippen molar-refractivity contribution in [2.75, 3.05) is 5.32 Å². The van der Waals surface area contributed by atoms with Gasteiger partial charge in [0.2, 0.25) is 0 Å². The Labute approximate surface area is 182 Å². The van der Waals surface area contributed by atoms with Gasteiger partial charge in [-0.3, -0.25) is 4.79 Å². The predicted octanol–water partition coefficient (Wildman–Crippen LogP) is 4.26. The van der Waals surface area contributed by atoms with Gasteiger partial charge < -0.3 is 14.6 Å². The van der Waals surface area contributed by atoms with Crippen molar-refractivity contribution in [1.82, 2.24) is 19.3 Å². The minimum absolute atomic E-state index is 0.205. The molecule has 30 heavy (non-hydrogen) atoms. The molecule has 1 N–H and O–H groups in total. The zero-order chi connectivity index (χ0) is 20.9. The summed E-state index contributed by atoms with van der Waals surface area (Å²) in [5.74, 6) is 1.94. The number of rotatable bonds is 7. The third-order valence-electron chi connectivity index (χ3n) is 4.61. The Morgan fingerprint density at radius 2 is 1.83 bits per heavy atom. The second kappa shape index (κ2) is 8.96. The lowest BCUT2D eigenvalue weighted by atomic mass is 10.2. The summed E-state index contributed by atoms with van der Waals surface area (Å²) in [6.07, 6.45) is 5.27. The van der Waals surface area contributed by atoms with Crippen molar-refractivity contribution in [1.29, 1.82) is 0 Å². The number of imidazole rings is 1. The summed E-state index contributed by atoms with van der Waals surface area (Å²) in [4.78, 5) is 16.9. The van der Waals surface area contributed by atoms with E-state index in [-0.39, 0.29) is 5.91 Å². The van der Waals surface area contributed by atoms with E-state index in [9.17, 15) is 4.79 Å². The minimum atomic E-state index is -0.205. The maximum atomic E-state index is 12.6. The van der Waals surface area contributed by atoms with E-state index in [4.69, 9.17) is 4.74 Å². The van der Waals surface area contributed by atoms with Crippen LogP contribution in [0.4, 0.5) is 5.82 Å². The lowest BCUT2D eigenvalue weighted by Gasteiger charge is -2.10. The van der Waals surface area contributed by atoms with Crippen LogP contribution in [0.1, 0.15) is 21.7 Å². The van der Waals surface area contributed by atoms with Crippen molar-refractivity contribution in [2.45, 2.75) is 13.2 Å². The molecule has 0 aliphatic carbocycles. The van der Waals surface area contributed by atoms with Crippen molar-refractivity contribution in [3.8, 4) is 5.75 Å². The quantitative estimate of drug-likeness (QED) is 0.442. The van der Waals surface area contributed by atoms with Gasteiger partial charge in [-0.1, -0.05) is 28.1 Å². The summed E-state index contributed by atoms with van der Waals surface area (Å²) in [5.41, 5.74) is 1.63. The molecule has 0 aliphatic heterocycles. The van der Waals surface area contributed by atoms with E-state index >= 15 is 0 Å². The van der Waals surface area contributed by atoms with Crippen LogP contribution < -0.4 is 10.1 Å². The summed E-state index contributed by atoms with van der Waals surface area (Å²) in [5, 5.41) is 7.23. The number of amides is 1. The van der Waals surface area contributed by atoms with Crippen molar-refractivity contribution < 1.29 is 9.53 Å². The molecular weight excluding hydrogens is 446 g/mol. The normalized spacial score (nSPS) is 10.7. The van der Waals surface area contributed by atoms with E-state index in [1.165, 1.54) is 0 Å². The van der Waals surface area contributed by atoms with Gasteiger partial charge in [-0.2, -0.15) is 5.10 Å². The zero-order valence-electron chi connectivity index (χ0n) is 16.3. The van der Waals surface area contributed by atoms with Gasteiger partial charge in [0.1, 0.15) is 24.0 Å². The highest BCUT2D eigenvalue weighted by molar-refractivity contribution is 9.10. The number of carbonyl (C=O) groups excluding carboxylic acids is 1. The van der Waals surface area contributed by atoms with Crippen LogP contribution in [-0.4, -0.2) is 25.2 Å². The molecule has 0 saturated heterocycles. The van der Waals surface area contributed by atoms with Crippen LogP contribution in [-0.2, 0) is 20.2 Å². The number of anilines is 1. The van der Waals surface area contributed by atoms with Gasteiger partial charge in [-0.15, -0.1) is 0 Å². The van der Waals surface area contributed by atoms with E-state index in [0.29, 0.717) is 30.3 Å². The standard InChI is InChI=1S/C22H20BrN5O2/c1-27-13-12-24-21(27)15-30-19-8-4-17(5-9-19)22(29)26-20-10-11-25-28(20)14-16-2-6-18(23)7-3-16/h2-13H,14-15H2,1H3,(H,26,29). The minimum Gasteiger partial charge on any atom is -0.486 e. The van der Waals surface area contributed by atoms with Crippen LogP contribution in [0, 0.1) is 0 Å². The highest BCUT2D eigenvalue weighted by Crippen LogP contribution is 2.17. The molecule has 2 aromatic carbocycles. The molecule has 0 unspecified atom stereocenters. The number of nitrogens with one attached hydrogen (secondary N) is 1.